The fourth-order valence-corrected chi connectivity index (χ4v) is 4.04. The molecule has 2 unspecified atom stereocenters. The number of rotatable bonds is 6. The molecule has 144 valence electrons. The van der Waals surface area contributed by atoms with Crippen molar-refractivity contribution in [3.8, 4) is 0 Å². The van der Waals surface area contributed by atoms with E-state index in [-0.39, 0.29) is 11.9 Å². The topological polar surface area (TPSA) is 40.1 Å². The number of nitrogens with one attached hydrogen (secondary N) is 1. The molecule has 2 atom stereocenters. The van der Waals surface area contributed by atoms with Gasteiger partial charge in [0.2, 0.25) is 0 Å². The molecule has 2 aliphatic rings. The van der Waals surface area contributed by atoms with Gasteiger partial charge in [-0.25, -0.2) is 4.39 Å². The minimum atomic E-state index is -0.228. The molecular weight excluding hydrogens is 331 g/mol. The van der Waals surface area contributed by atoms with Crippen LogP contribution in [-0.4, -0.2) is 69.2 Å². The molecule has 5 nitrogen and oxygen atoms in total. The van der Waals surface area contributed by atoms with E-state index >= 15 is 0 Å². The average molecular weight is 362 g/mol. The van der Waals surface area contributed by atoms with Gasteiger partial charge in [0, 0.05) is 40.3 Å². The van der Waals surface area contributed by atoms with E-state index in [2.05, 4.69) is 20.1 Å². The standard InChI is InChI=1S/C20H31FN4O/c1-22-20(23-13-19(26-2)17-5-7-18(21)8-6-17)25-12-9-16(15-25)14-24-10-3-4-11-24/h5-8,16,19H,3-4,9-15H2,1-2H3,(H,22,23). The first-order valence-corrected chi connectivity index (χ1v) is 9.66. The number of guanidine groups is 1. The van der Waals surface area contributed by atoms with Crippen molar-refractivity contribution in [2.24, 2.45) is 10.9 Å². The maximum absolute atomic E-state index is 13.1. The summed E-state index contributed by atoms with van der Waals surface area (Å²) in [7, 11) is 3.51. The molecule has 1 aromatic carbocycles. The van der Waals surface area contributed by atoms with Crippen molar-refractivity contribution in [3.05, 3.63) is 35.6 Å². The smallest absolute Gasteiger partial charge is 0.193 e. The molecule has 1 aromatic rings. The van der Waals surface area contributed by atoms with Crippen LogP contribution in [-0.2, 0) is 4.74 Å². The van der Waals surface area contributed by atoms with Gasteiger partial charge < -0.3 is 19.9 Å². The van der Waals surface area contributed by atoms with Crippen molar-refractivity contribution in [3.63, 3.8) is 0 Å². The lowest BCUT2D eigenvalue weighted by Crippen LogP contribution is -2.42. The first-order chi connectivity index (χ1) is 12.7. The molecule has 0 bridgehead atoms. The Bertz CT molecular complexity index is 586. The summed E-state index contributed by atoms with van der Waals surface area (Å²) in [6.45, 7) is 6.45. The minimum Gasteiger partial charge on any atom is -0.375 e. The molecule has 0 amide bonds. The van der Waals surface area contributed by atoms with Gasteiger partial charge in [-0.05, 0) is 56.0 Å². The molecule has 0 radical (unpaired) electrons. The third-order valence-electron chi connectivity index (χ3n) is 5.48. The van der Waals surface area contributed by atoms with E-state index in [4.69, 9.17) is 4.74 Å². The van der Waals surface area contributed by atoms with Crippen molar-refractivity contribution in [2.45, 2.75) is 25.4 Å². The third-order valence-corrected chi connectivity index (χ3v) is 5.48. The summed E-state index contributed by atoms with van der Waals surface area (Å²) in [6, 6.07) is 6.49. The number of benzene rings is 1. The summed E-state index contributed by atoms with van der Waals surface area (Å²) in [4.78, 5) is 9.40. The van der Waals surface area contributed by atoms with E-state index in [1.165, 1.54) is 51.0 Å². The quantitative estimate of drug-likeness (QED) is 0.624. The Morgan fingerprint density at radius 2 is 2.00 bits per heavy atom. The summed E-state index contributed by atoms with van der Waals surface area (Å²) in [5.74, 6) is 1.42. The zero-order chi connectivity index (χ0) is 18.4. The number of hydrogen-bond acceptors (Lipinski definition) is 3. The second kappa shape index (κ2) is 9.33. The van der Waals surface area contributed by atoms with Crippen LogP contribution >= 0.6 is 0 Å². The average Bonchev–Trinajstić information content (AvgIpc) is 3.33. The van der Waals surface area contributed by atoms with Crippen molar-refractivity contribution < 1.29 is 9.13 Å². The number of hydrogen-bond donors (Lipinski definition) is 1. The maximum atomic E-state index is 13.1. The van der Waals surface area contributed by atoms with E-state index in [0.717, 1.165) is 30.5 Å². The molecule has 2 saturated heterocycles. The van der Waals surface area contributed by atoms with Crippen molar-refractivity contribution >= 4 is 5.96 Å². The highest BCUT2D eigenvalue weighted by atomic mass is 19.1. The molecule has 2 aliphatic heterocycles. The lowest BCUT2D eigenvalue weighted by atomic mass is 10.1. The zero-order valence-electron chi connectivity index (χ0n) is 16.0. The number of ether oxygens (including phenoxy) is 1. The Labute approximate surface area is 156 Å². The van der Waals surface area contributed by atoms with Crippen LogP contribution in [0.5, 0.6) is 0 Å². The van der Waals surface area contributed by atoms with E-state index in [1.54, 1.807) is 19.2 Å². The lowest BCUT2D eigenvalue weighted by Gasteiger charge is -2.25. The Hall–Kier alpha value is -1.66. The van der Waals surface area contributed by atoms with Crippen molar-refractivity contribution in [1.82, 2.24) is 15.1 Å². The number of methoxy groups -OCH3 is 1. The molecule has 0 aliphatic carbocycles. The molecule has 2 heterocycles. The molecule has 0 saturated carbocycles. The van der Waals surface area contributed by atoms with Crippen LogP contribution in [0.3, 0.4) is 0 Å². The number of aliphatic imine (C=N–C) groups is 1. The fourth-order valence-electron chi connectivity index (χ4n) is 4.04. The van der Waals surface area contributed by atoms with Gasteiger partial charge in [0.15, 0.2) is 5.96 Å². The molecular formula is C20H31FN4O. The first kappa shape index (κ1) is 19.1. The summed E-state index contributed by atoms with van der Waals surface area (Å²) in [5.41, 5.74) is 0.963. The van der Waals surface area contributed by atoms with Crippen molar-refractivity contribution in [1.29, 1.82) is 0 Å². The summed E-state index contributed by atoms with van der Waals surface area (Å²) >= 11 is 0. The Morgan fingerprint density at radius 3 is 2.65 bits per heavy atom. The van der Waals surface area contributed by atoms with Crippen LogP contribution in [0.2, 0.25) is 0 Å². The second-order valence-corrected chi connectivity index (χ2v) is 7.31. The van der Waals surface area contributed by atoms with Crippen molar-refractivity contribution in [2.75, 3.05) is 53.4 Å². The summed E-state index contributed by atoms with van der Waals surface area (Å²) in [6.07, 6.45) is 3.79. The van der Waals surface area contributed by atoms with E-state index < -0.39 is 0 Å². The Balaban J connectivity index is 1.50. The molecule has 6 heteroatoms. The van der Waals surface area contributed by atoms with Gasteiger partial charge in [-0.15, -0.1) is 0 Å². The van der Waals surface area contributed by atoms with E-state index in [0.29, 0.717) is 6.54 Å². The third kappa shape index (κ3) is 4.95. The highest BCUT2D eigenvalue weighted by Crippen LogP contribution is 2.21. The predicted molar refractivity (Wildman–Crippen MR) is 103 cm³/mol. The summed E-state index contributed by atoms with van der Waals surface area (Å²) in [5, 5.41) is 3.43. The highest BCUT2D eigenvalue weighted by Gasteiger charge is 2.27. The number of halogens is 1. The zero-order valence-corrected chi connectivity index (χ0v) is 16.0. The van der Waals surface area contributed by atoms with Crippen LogP contribution in [0, 0.1) is 11.7 Å². The molecule has 26 heavy (non-hydrogen) atoms. The number of likely N-dealkylation sites (tertiary alicyclic amines) is 2. The van der Waals surface area contributed by atoms with E-state index in [1.807, 2.05) is 7.05 Å². The van der Waals surface area contributed by atoms with Crippen LogP contribution < -0.4 is 5.32 Å². The Morgan fingerprint density at radius 1 is 1.27 bits per heavy atom. The Kier molecular flexibility index (Phi) is 6.86. The van der Waals surface area contributed by atoms with Crippen LogP contribution in [0.25, 0.3) is 0 Å². The van der Waals surface area contributed by atoms with Gasteiger partial charge in [0.1, 0.15) is 5.82 Å². The molecule has 2 fully saturated rings. The predicted octanol–water partition coefficient (Wildman–Crippen LogP) is 2.51. The summed E-state index contributed by atoms with van der Waals surface area (Å²) < 4.78 is 18.7. The van der Waals surface area contributed by atoms with Gasteiger partial charge >= 0.3 is 0 Å². The van der Waals surface area contributed by atoms with Gasteiger partial charge in [0.25, 0.3) is 0 Å². The maximum Gasteiger partial charge on any atom is 0.193 e. The second-order valence-electron chi connectivity index (χ2n) is 7.31. The number of nitrogens with zero attached hydrogens (tertiary/aromatic N) is 3. The van der Waals surface area contributed by atoms with Crippen LogP contribution in [0.4, 0.5) is 4.39 Å². The normalized spacial score (nSPS) is 22.8. The SMILES string of the molecule is CN=C(NCC(OC)c1ccc(F)cc1)N1CCC(CN2CCCC2)C1. The molecule has 3 rings (SSSR count). The van der Waals surface area contributed by atoms with Gasteiger partial charge in [-0.2, -0.15) is 0 Å². The van der Waals surface area contributed by atoms with Gasteiger partial charge in [0.05, 0.1) is 6.10 Å². The minimum absolute atomic E-state index is 0.129. The molecule has 0 spiro atoms. The highest BCUT2D eigenvalue weighted by molar-refractivity contribution is 5.80. The first-order valence-electron chi connectivity index (χ1n) is 9.66. The van der Waals surface area contributed by atoms with Crippen LogP contribution in [0.15, 0.2) is 29.3 Å². The molecule has 0 aromatic heterocycles. The molecule has 1 N–H and O–H groups in total. The van der Waals surface area contributed by atoms with Gasteiger partial charge in [-0.3, -0.25) is 4.99 Å². The lowest BCUT2D eigenvalue weighted by molar-refractivity contribution is 0.106. The monoisotopic (exact) mass is 362 g/mol. The fraction of sp³-hybridized carbons (Fsp3) is 0.650. The van der Waals surface area contributed by atoms with Crippen LogP contribution in [0.1, 0.15) is 30.9 Å². The van der Waals surface area contributed by atoms with Gasteiger partial charge in [-0.1, -0.05) is 12.1 Å². The van der Waals surface area contributed by atoms with E-state index in [9.17, 15) is 4.39 Å². The largest absolute Gasteiger partial charge is 0.375 e.